The van der Waals surface area contributed by atoms with Gasteiger partial charge < -0.3 is 25.1 Å². The van der Waals surface area contributed by atoms with Gasteiger partial charge in [0.05, 0.1) is 5.52 Å². The van der Waals surface area contributed by atoms with Crippen LogP contribution in [0, 0.1) is 5.41 Å². The molecule has 3 heterocycles. The van der Waals surface area contributed by atoms with Gasteiger partial charge in [0.25, 0.3) is 0 Å². The first-order valence-electron chi connectivity index (χ1n) is 11.2. The summed E-state index contributed by atoms with van der Waals surface area (Å²) in [4.78, 5) is 10.3. The van der Waals surface area contributed by atoms with Gasteiger partial charge in [0.15, 0.2) is 22.5 Å². The van der Waals surface area contributed by atoms with Crippen molar-refractivity contribution in [1.29, 1.82) is 0 Å². The van der Waals surface area contributed by atoms with Crippen LogP contribution in [-0.2, 0) is 6.54 Å². The van der Waals surface area contributed by atoms with E-state index in [2.05, 4.69) is 61.6 Å². The lowest BCUT2D eigenvalue weighted by Crippen LogP contribution is -2.29. The summed E-state index contributed by atoms with van der Waals surface area (Å²) in [6.07, 6.45) is 2.79. The normalized spacial score (nSPS) is 14.3. The molecule has 0 amide bonds. The van der Waals surface area contributed by atoms with E-state index >= 15 is 0 Å². The molecule has 1 aliphatic rings. The number of fused-ring (bicyclic) bond motifs is 2. The summed E-state index contributed by atoms with van der Waals surface area (Å²) in [6.45, 7) is 14.0. The average Bonchev–Trinajstić information content (AvgIpc) is 3.34. The van der Waals surface area contributed by atoms with E-state index in [1.54, 1.807) is 18.0 Å². The summed E-state index contributed by atoms with van der Waals surface area (Å²) in [5, 5.41) is 4.47. The Morgan fingerprint density at radius 2 is 2.00 bits per heavy atom. The second kappa shape index (κ2) is 9.19. The molecule has 0 radical (unpaired) electrons. The van der Waals surface area contributed by atoms with Crippen LogP contribution in [0.4, 0.5) is 5.82 Å². The number of benzene rings is 1. The topological polar surface area (TPSA) is 87.2 Å². The molecule has 1 atom stereocenters. The Balaban J connectivity index is 1.69. The number of nitrogens with zero attached hydrogens (tertiary/aromatic N) is 3. The van der Waals surface area contributed by atoms with Crippen LogP contribution in [0.15, 0.2) is 34.4 Å². The summed E-state index contributed by atoms with van der Waals surface area (Å²) >= 11 is 1.65. The largest absolute Gasteiger partial charge is 0.454 e. The molecule has 0 saturated heterocycles. The molecule has 0 spiro atoms. The maximum Gasteiger partial charge on any atom is 0.231 e. The van der Waals surface area contributed by atoms with Gasteiger partial charge in [0.2, 0.25) is 6.79 Å². The van der Waals surface area contributed by atoms with Crippen LogP contribution < -0.4 is 20.5 Å². The van der Waals surface area contributed by atoms with Gasteiger partial charge in [-0.05, 0) is 41.5 Å². The minimum Gasteiger partial charge on any atom is -0.454 e. The van der Waals surface area contributed by atoms with Gasteiger partial charge in [0, 0.05) is 30.7 Å². The van der Waals surface area contributed by atoms with E-state index in [1.807, 2.05) is 6.07 Å². The third-order valence-corrected chi connectivity index (χ3v) is 6.75. The second-order valence-corrected chi connectivity index (χ2v) is 10.5. The van der Waals surface area contributed by atoms with Gasteiger partial charge in [-0.15, -0.1) is 0 Å². The van der Waals surface area contributed by atoms with Crippen LogP contribution in [0.25, 0.3) is 11.0 Å². The van der Waals surface area contributed by atoms with E-state index in [-0.39, 0.29) is 12.2 Å². The first kappa shape index (κ1) is 22.7. The standard InChI is InChI=1S/C24H33N5O2S/c1-6-15(2)16-11-18-19(31-14-30-18)12-20(16)32-23-28-21-17(7-8-27-22(21)25)29(23)10-9-26-13-24(3,4)5/h7-8,11-12,15,26H,6,9-10,13-14H2,1-5H3,(H2,25,27). The molecule has 1 aliphatic heterocycles. The molecule has 7 nitrogen and oxygen atoms in total. The molecule has 172 valence electrons. The lowest BCUT2D eigenvalue weighted by atomic mass is 9.97. The van der Waals surface area contributed by atoms with Crippen LogP contribution >= 0.6 is 11.8 Å². The summed E-state index contributed by atoms with van der Waals surface area (Å²) in [7, 11) is 0. The molecule has 2 aromatic heterocycles. The highest BCUT2D eigenvalue weighted by atomic mass is 32.2. The molecule has 1 unspecified atom stereocenters. The maximum atomic E-state index is 6.17. The Kier molecular flexibility index (Phi) is 6.53. The number of nitrogens with one attached hydrogen (secondary N) is 1. The monoisotopic (exact) mass is 455 g/mol. The summed E-state index contributed by atoms with van der Waals surface area (Å²) in [5.41, 5.74) is 9.40. The predicted octanol–water partition coefficient (Wildman–Crippen LogP) is 5.04. The zero-order valence-corrected chi connectivity index (χ0v) is 20.4. The van der Waals surface area contributed by atoms with Crippen molar-refractivity contribution in [1.82, 2.24) is 19.9 Å². The molecule has 3 N–H and O–H groups in total. The summed E-state index contributed by atoms with van der Waals surface area (Å²) < 4.78 is 13.5. The lowest BCUT2D eigenvalue weighted by molar-refractivity contribution is 0.174. The van der Waals surface area contributed by atoms with Crippen molar-refractivity contribution in [3.05, 3.63) is 30.0 Å². The van der Waals surface area contributed by atoms with Gasteiger partial charge in [-0.2, -0.15) is 0 Å². The van der Waals surface area contributed by atoms with Gasteiger partial charge in [-0.3, -0.25) is 0 Å². The first-order valence-corrected chi connectivity index (χ1v) is 12.0. The smallest absolute Gasteiger partial charge is 0.231 e. The summed E-state index contributed by atoms with van der Waals surface area (Å²) in [6, 6.07) is 6.19. The zero-order valence-electron chi connectivity index (χ0n) is 19.6. The fraction of sp³-hybridized carbons (Fsp3) is 0.500. The van der Waals surface area contributed by atoms with Gasteiger partial charge in [-0.1, -0.05) is 46.4 Å². The Morgan fingerprint density at radius 3 is 2.72 bits per heavy atom. The number of nitrogens with two attached hydrogens (primary N) is 1. The third kappa shape index (κ3) is 4.81. The van der Waals surface area contributed by atoms with E-state index in [4.69, 9.17) is 20.2 Å². The number of pyridine rings is 1. The highest BCUT2D eigenvalue weighted by Gasteiger charge is 2.23. The van der Waals surface area contributed by atoms with E-state index in [1.165, 1.54) is 5.56 Å². The Hall–Kier alpha value is -2.45. The van der Waals surface area contributed by atoms with Crippen molar-refractivity contribution in [3.8, 4) is 11.5 Å². The molecule has 8 heteroatoms. The molecular formula is C24H33N5O2S. The van der Waals surface area contributed by atoms with Crippen LogP contribution in [0.1, 0.15) is 52.5 Å². The SMILES string of the molecule is CCC(C)c1cc2c(cc1Sc1nc3c(N)nccc3n1CCNCC(C)(C)C)OCO2. The van der Waals surface area contributed by atoms with Gasteiger partial charge >= 0.3 is 0 Å². The van der Waals surface area contributed by atoms with Gasteiger partial charge in [-0.25, -0.2) is 9.97 Å². The fourth-order valence-corrected chi connectivity index (χ4v) is 4.91. The number of ether oxygens (including phenoxy) is 2. The maximum absolute atomic E-state index is 6.17. The molecule has 4 rings (SSSR count). The molecule has 0 saturated carbocycles. The van der Waals surface area contributed by atoms with Crippen LogP contribution in [0.3, 0.4) is 0 Å². The summed E-state index contributed by atoms with van der Waals surface area (Å²) in [5.74, 6) is 2.46. The van der Waals surface area contributed by atoms with Crippen molar-refractivity contribution in [2.24, 2.45) is 5.41 Å². The molecule has 0 bridgehead atoms. The zero-order chi connectivity index (χ0) is 22.9. The molecule has 1 aromatic carbocycles. The van der Waals surface area contributed by atoms with Crippen LogP contribution in [0.2, 0.25) is 0 Å². The number of nitrogen functional groups attached to an aromatic ring is 1. The average molecular weight is 456 g/mol. The minimum atomic E-state index is 0.237. The van der Waals surface area contributed by atoms with E-state index in [0.717, 1.165) is 58.6 Å². The van der Waals surface area contributed by atoms with E-state index in [9.17, 15) is 0 Å². The number of hydrogen-bond acceptors (Lipinski definition) is 7. The highest BCUT2D eigenvalue weighted by molar-refractivity contribution is 7.99. The Morgan fingerprint density at radius 1 is 1.25 bits per heavy atom. The van der Waals surface area contributed by atoms with Crippen molar-refractivity contribution in [3.63, 3.8) is 0 Å². The minimum absolute atomic E-state index is 0.237. The first-order chi connectivity index (χ1) is 15.3. The predicted molar refractivity (Wildman–Crippen MR) is 130 cm³/mol. The fourth-order valence-electron chi connectivity index (χ4n) is 3.73. The molecule has 0 fully saturated rings. The molecule has 0 aliphatic carbocycles. The Labute approximate surface area is 194 Å². The number of hydrogen-bond donors (Lipinski definition) is 2. The van der Waals surface area contributed by atoms with Crippen LogP contribution in [0.5, 0.6) is 11.5 Å². The molecular weight excluding hydrogens is 422 g/mol. The number of imidazole rings is 1. The van der Waals surface area contributed by atoms with Crippen LogP contribution in [-0.4, -0.2) is 34.4 Å². The number of anilines is 1. The highest BCUT2D eigenvalue weighted by Crippen LogP contribution is 2.44. The molecule has 32 heavy (non-hydrogen) atoms. The van der Waals surface area contributed by atoms with E-state index in [0.29, 0.717) is 11.7 Å². The second-order valence-electron chi connectivity index (χ2n) is 9.50. The molecule has 3 aromatic rings. The van der Waals surface area contributed by atoms with Gasteiger partial charge in [0.1, 0.15) is 5.52 Å². The lowest BCUT2D eigenvalue weighted by Gasteiger charge is -2.19. The Bertz CT molecular complexity index is 1110. The number of rotatable bonds is 8. The quantitative estimate of drug-likeness (QED) is 0.460. The number of aromatic nitrogens is 3. The van der Waals surface area contributed by atoms with Crippen molar-refractivity contribution < 1.29 is 9.47 Å². The van der Waals surface area contributed by atoms with Crippen molar-refractivity contribution in [2.75, 3.05) is 25.6 Å². The van der Waals surface area contributed by atoms with Crippen molar-refractivity contribution in [2.45, 2.75) is 63.6 Å². The third-order valence-electron chi connectivity index (χ3n) is 5.68. The van der Waals surface area contributed by atoms with Crippen molar-refractivity contribution >= 4 is 28.6 Å². The van der Waals surface area contributed by atoms with E-state index < -0.39 is 0 Å².